The first-order valence-corrected chi connectivity index (χ1v) is 7.70. The number of aryl methyl sites for hydroxylation is 1. The Kier molecular flexibility index (Phi) is 3.38. The summed E-state index contributed by atoms with van der Waals surface area (Å²) in [6, 6.07) is 7.20. The first-order valence-electron chi connectivity index (χ1n) is 7.70. The van der Waals surface area contributed by atoms with Gasteiger partial charge in [-0.2, -0.15) is 0 Å². The average Bonchev–Trinajstić information content (AvgIpc) is 2.54. The van der Waals surface area contributed by atoms with E-state index >= 15 is 0 Å². The Balaban J connectivity index is 1.60. The molecule has 4 rings (SSSR count). The van der Waals surface area contributed by atoms with Crippen LogP contribution >= 0.6 is 0 Å². The molecule has 6 heteroatoms. The lowest BCUT2D eigenvalue weighted by molar-refractivity contribution is 0.238. The Morgan fingerprint density at radius 2 is 2.17 bits per heavy atom. The summed E-state index contributed by atoms with van der Waals surface area (Å²) in [4.78, 5) is 27.8. The van der Waals surface area contributed by atoms with Gasteiger partial charge in [0, 0.05) is 38.1 Å². The Hall–Kier alpha value is -2.60. The van der Waals surface area contributed by atoms with Crippen LogP contribution in [-0.4, -0.2) is 30.8 Å². The standard InChI is InChI=1S/C17H17N5O/c1-12-18-9-13-5-7-21(11-15(13)19-12)10-14-8-17(23)22-6-3-2-4-16(22)20-14/h2-4,6,8-9H,5,7,10-11H2,1H3. The molecule has 0 aromatic carbocycles. The predicted octanol–water partition coefficient (Wildman–Crippen LogP) is 1.35. The van der Waals surface area contributed by atoms with Crippen LogP contribution in [0.15, 0.2) is 41.5 Å². The molecular weight excluding hydrogens is 290 g/mol. The minimum absolute atomic E-state index is 0.0406. The van der Waals surface area contributed by atoms with Gasteiger partial charge in [0.15, 0.2) is 0 Å². The largest absolute Gasteiger partial charge is 0.291 e. The Bertz CT molecular complexity index is 934. The minimum atomic E-state index is -0.0406. The summed E-state index contributed by atoms with van der Waals surface area (Å²) < 4.78 is 1.56. The van der Waals surface area contributed by atoms with Gasteiger partial charge < -0.3 is 0 Å². The van der Waals surface area contributed by atoms with Crippen LogP contribution in [-0.2, 0) is 19.5 Å². The van der Waals surface area contributed by atoms with E-state index in [1.165, 1.54) is 5.56 Å². The number of nitrogens with zero attached hydrogens (tertiary/aromatic N) is 5. The molecule has 0 atom stereocenters. The summed E-state index contributed by atoms with van der Waals surface area (Å²) in [6.07, 6.45) is 4.60. The molecule has 0 aliphatic carbocycles. The first kappa shape index (κ1) is 14.0. The lowest BCUT2D eigenvalue weighted by Gasteiger charge is -2.27. The average molecular weight is 307 g/mol. The van der Waals surface area contributed by atoms with Gasteiger partial charge >= 0.3 is 0 Å². The van der Waals surface area contributed by atoms with E-state index in [4.69, 9.17) is 0 Å². The van der Waals surface area contributed by atoms with Crippen molar-refractivity contribution in [3.8, 4) is 0 Å². The van der Waals surface area contributed by atoms with Crippen molar-refractivity contribution in [1.29, 1.82) is 0 Å². The fraction of sp³-hybridized carbons (Fsp3) is 0.294. The highest BCUT2D eigenvalue weighted by molar-refractivity contribution is 5.38. The predicted molar refractivity (Wildman–Crippen MR) is 86.0 cm³/mol. The van der Waals surface area contributed by atoms with Gasteiger partial charge in [-0.1, -0.05) is 6.07 Å². The van der Waals surface area contributed by atoms with Gasteiger partial charge in [0.2, 0.25) is 0 Å². The van der Waals surface area contributed by atoms with Crippen LogP contribution in [0.3, 0.4) is 0 Å². The van der Waals surface area contributed by atoms with Crippen molar-refractivity contribution >= 4 is 5.65 Å². The van der Waals surface area contributed by atoms with Crippen LogP contribution in [0.4, 0.5) is 0 Å². The molecule has 1 aliphatic rings. The maximum Gasteiger partial charge on any atom is 0.258 e. The fourth-order valence-corrected chi connectivity index (χ4v) is 3.01. The lowest BCUT2D eigenvalue weighted by atomic mass is 10.1. The molecule has 0 N–H and O–H groups in total. The van der Waals surface area contributed by atoms with Crippen LogP contribution in [0.2, 0.25) is 0 Å². The van der Waals surface area contributed by atoms with E-state index in [1.54, 1.807) is 16.7 Å². The third-order valence-corrected chi connectivity index (χ3v) is 4.16. The number of rotatable bonds is 2. The van der Waals surface area contributed by atoms with Crippen LogP contribution in [0.25, 0.3) is 5.65 Å². The second-order valence-electron chi connectivity index (χ2n) is 5.86. The Morgan fingerprint density at radius 3 is 3.09 bits per heavy atom. The molecule has 116 valence electrons. The fourth-order valence-electron chi connectivity index (χ4n) is 3.01. The van der Waals surface area contributed by atoms with E-state index in [2.05, 4.69) is 19.9 Å². The van der Waals surface area contributed by atoms with Gasteiger partial charge in [0.05, 0.1) is 11.4 Å². The van der Waals surface area contributed by atoms with E-state index < -0.39 is 0 Å². The second-order valence-corrected chi connectivity index (χ2v) is 5.86. The molecule has 6 nitrogen and oxygen atoms in total. The summed E-state index contributed by atoms with van der Waals surface area (Å²) in [5.41, 5.74) is 3.75. The molecule has 0 saturated heterocycles. The van der Waals surface area contributed by atoms with Crippen LogP contribution in [0, 0.1) is 6.92 Å². The maximum atomic E-state index is 12.2. The third-order valence-electron chi connectivity index (χ3n) is 4.16. The Morgan fingerprint density at radius 1 is 1.26 bits per heavy atom. The van der Waals surface area contributed by atoms with Gasteiger partial charge in [-0.05, 0) is 31.0 Å². The quantitative estimate of drug-likeness (QED) is 0.715. The summed E-state index contributed by atoms with van der Waals surface area (Å²) in [5.74, 6) is 0.799. The van der Waals surface area contributed by atoms with Crippen molar-refractivity contribution in [2.24, 2.45) is 0 Å². The Labute approximate surface area is 133 Å². The number of pyridine rings is 1. The van der Waals surface area contributed by atoms with E-state index in [0.29, 0.717) is 12.2 Å². The molecule has 0 unspecified atom stereocenters. The van der Waals surface area contributed by atoms with Gasteiger partial charge in [-0.3, -0.25) is 14.1 Å². The molecule has 0 radical (unpaired) electrons. The van der Waals surface area contributed by atoms with Crippen molar-refractivity contribution in [3.05, 3.63) is 69.8 Å². The molecule has 0 fully saturated rings. The molecule has 23 heavy (non-hydrogen) atoms. The maximum absolute atomic E-state index is 12.2. The third kappa shape index (κ3) is 2.73. The normalized spacial score (nSPS) is 14.8. The summed E-state index contributed by atoms with van der Waals surface area (Å²) >= 11 is 0. The van der Waals surface area contributed by atoms with E-state index in [-0.39, 0.29) is 5.56 Å². The molecule has 4 heterocycles. The van der Waals surface area contributed by atoms with E-state index in [0.717, 1.165) is 36.7 Å². The SMILES string of the molecule is Cc1ncc2c(n1)CN(Cc1cc(=O)n3ccccc3n1)CC2. The van der Waals surface area contributed by atoms with Crippen molar-refractivity contribution < 1.29 is 0 Å². The number of hydrogen-bond donors (Lipinski definition) is 0. The summed E-state index contributed by atoms with van der Waals surface area (Å²) in [6.45, 7) is 4.26. The van der Waals surface area contributed by atoms with Gasteiger partial charge in [0.1, 0.15) is 11.5 Å². The zero-order chi connectivity index (χ0) is 15.8. The monoisotopic (exact) mass is 307 g/mol. The molecule has 0 saturated carbocycles. The molecule has 0 amide bonds. The van der Waals surface area contributed by atoms with Gasteiger partial charge in [-0.25, -0.2) is 15.0 Å². The topological polar surface area (TPSA) is 63.4 Å². The molecule has 3 aromatic rings. The molecule has 1 aliphatic heterocycles. The van der Waals surface area contributed by atoms with Crippen LogP contribution < -0.4 is 5.56 Å². The summed E-state index contributed by atoms with van der Waals surface area (Å²) in [5, 5.41) is 0. The van der Waals surface area contributed by atoms with Gasteiger partial charge in [-0.15, -0.1) is 0 Å². The zero-order valence-corrected chi connectivity index (χ0v) is 12.9. The van der Waals surface area contributed by atoms with Crippen molar-refractivity contribution in [3.63, 3.8) is 0 Å². The van der Waals surface area contributed by atoms with Crippen molar-refractivity contribution in [2.75, 3.05) is 6.54 Å². The minimum Gasteiger partial charge on any atom is -0.291 e. The van der Waals surface area contributed by atoms with E-state index in [9.17, 15) is 4.79 Å². The molecule has 3 aromatic heterocycles. The second kappa shape index (κ2) is 5.55. The van der Waals surface area contributed by atoms with Crippen LogP contribution in [0.5, 0.6) is 0 Å². The number of fused-ring (bicyclic) bond motifs is 2. The van der Waals surface area contributed by atoms with Crippen molar-refractivity contribution in [2.45, 2.75) is 26.4 Å². The molecule has 0 spiro atoms. The van der Waals surface area contributed by atoms with Crippen LogP contribution in [0.1, 0.15) is 22.8 Å². The highest BCUT2D eigenvalue weighted by Gasteiger charge is 2.18. The highest BCUT2D eigenvalue weighted by Crippen LogP contribution is 2.17. The van der Waals surface area contributed by atoms with E-state index in [1.807, 2.05) is 31.3 Å². The van der Waals surface area contributed by atoms with Gasteiger partial charge in [0.25, 0.3) is 5.56 Å². The number of aromatic nitrogens is 4. The smallest absolute Gasteiger partial charge is 0.258 e. The molecular formula is C17H17N5O. The lowest BCUT2D eigenvalue weighted by Crippen LogP contribution is -2.32. The number of hydrogen-bond acceptors (Lipinski definition) is 5. The first-order chi connectivity index (χ1) is 11.2. The zero-order valence-electron chi connectivity index (χ0n) is 12.9. The van der Waals surface area contributed by atoms with Crippen molar-refractivity contribution in [1.82, 2.24) is 24.3 Å². The molecule has 0 bridgehead atoms. The highest BCUT2D eigenvalue weighted by atomic mass is 16.1. The summed E-state index contributed by atoms with van der Waals surface area (Å²) in [7, 11) is 0.